The van der Waals surface area contributed by atoms with Crippen LogP contribution in [0.3, 0.4) is 0 Å². The third-order valence-corrected chi connectivity index (χ3v) is 8.64. The van der Waals surface area contributed by atoms with Crippen molar-refractivity contribution in [1.82, 2.24) is 9.55 Å². The molecule has 0 aliphatic carbocycles. The molecule has 44 heavy (non-hydrogen) atoms. The van der Waals surface area contributed by atoms with Crippen LogP contribution in [0.15, 0.2) is 95.9 Å². The van der Waals surface area contributed by atoms with Crippen LogP contribution < -0.4 is 14.2 Å². The van der Waals surface area contributed by atoms with Crippen molar-refractivity contribution >= 4 is 44.3 Å². The van der Waals surface area contributed by atoms with E-state index in [1.165, 1.54) is 31.4 Å². The molecular formula is C33H32ClN3O6S. The third-order valence-electron chi connectivity index (χ3n) is 7.01. The summed E-state index contributed by atoms with van der Waals surface area (Å²) in [6, 6.07) is 26.8. The fourth-order valence-electron chi connectivity index (χ4n) is 4.76. The molecule has 0 aliphatic heterocycles. The second-order valence-corrected chi connectivity index (χ2v) is 12.1. The van der Waals surface area contributed by atoms with Gasteiger partial charge in [-0.05, 0) is 79.9 Å². The minimum absolute atomic E-state index is 0.0597. The van der Waals surface area contributed by atoms with Crippen molar-refractivity contribution in [3.63, 3.8) is 0 Å². The summed E-state index contributed by atoms with van der Waals surface area (Å²) in [4.78, 5) is 16.6. The van der Waals surface area contributed by atoms with Gasteiger partial charge in [-0.15, -0.1) is 0 Å². The zero-order chi connectivity index (χ0) is 31.1. The maximum atomic E-state index is 13.4. The molecule has 0 saturated heterocycles. The number of hydrogen-bond donors (Lipinski definition) is 1. The normalized spacial score (nSPS) is 11.3. The van der Waals surface area contributed by atoms with Crippen molar-refractivity contribution in [3.05, 3.63) is 96.0 Å². The Bertz CT molecular complexity index is 1840. The lowest BCUT2D eigenvalue weighted by atomic mass is 10.2. The highest BCUT2D eigenvalue weighted by molar-refractivity contribution is 7.92. The molecule has 1 heterocycles. The van der Waals surface area contributed by atoms with Gasteiger partial charge in [0.25, 0.3) is 10.0 Å². The number of esters is 1. The summed E-state index contributed by atoms with van der Waals surface area (Å²) in [5.74, 6) is 1.42. The van der Waals surface area contributed by atoms with E-state index in [9.17, 15) is 13.2 Å². The van der Waals surface area contributed by atoms with E-state index in [2.05, 4.69) is 4.72 Å². The second kappa shape index (κ2) is 13.8. The smallest absolute Gasteiger partial charge is 0.305 e. The van der Waals surface area contributed by atoms with Crippen molar-refractivity contribution in [2.45, 2.75) is 30.6 Å². The van der Waals surface area contributed by atoms with E-state index in [-0.39, 0.29) is 23.2 Å². The number of fused-ring (bicyclic) bond motifs is 1. The number of methoxy groups -OCH3 is 2. The molecule has 11 heteroatoms. The zero-order valence-corrected chi connectivity index (χ0v) is 25.9. The van der Waals surface area contributed by atoms with Gasteiger partial charge in [-0.2, -0.15) is 0 Å². The van der Waals surface area contributed by atoms with Gasteiger partial charge in [0.2, 0.25) is 0 Å². The summed E-state index contributed by atoms with van der Waals surface area (Å²) in [6.07, 6.45) is 2.35. The molecule has 9 nitrogen and oxygen atoms in total. The monoisotopic (exact) mass is 633 g/mol. The second-order valence-electron chi connectivity index (χ2n) is 9.94. The van der Waals surface area contributed by atoms with Crippen LogP contribution in [-0.2, 0) is 19.6 Å². The van der Waals surface area contributed by atoms with E-state index in [0.717, 1.165) is 28.9 Å². The number of benzene rings is 4. The minimum Gasteiger partial charge on any atom is -0.497 e. The number of nitrogens with zero attached hydrogens (tertiary/aromatic N) is 2. The largest absolute Gasteiger partial charge is 0.497 e. The van der Waals surface area contributed by atoms with Gasteiger partial charge in [0.15, 0.2) is 5.75 Å². The van der Waals surface area contributed by atoms with Gasteiger partial charge >= 0.3 is 5.97 Å². The summed E-state index contributed by atoms with van der Waals surface area (Å²) in [7, 11) is -0.994. The number of nitrogens with one attached hydrogen (secondary N) is 1. The molecule has 0 atom stereocenters. The number of unbranched alkanes of at least 4 members (excludes halogenated alkanes) is 2. The predicted octanol–water partition coefficient (Wildman–Crippen LogP) is 7.27. The summed E-state index contributed by atoms with van der Waals surface area (Å²) in [5.41, 5.74) is 3.18. The lowest BCUT2D eigenvalue weighted by Crippen LogP contribution is -2.14. The molecular weight excluding hydrogens is 602 g/mol. The number of anilines is 1. The quantitative estimate of drug-likeness (QED) is 0.107. The first kappa shape index (κ1) is 30.9. The number of hydrogen-bond acceptors (Lipinski definition) is 7. The van der Waals surface area contributed by atoms with Gasteiger partial charge in [-0.3, -0.25) is 14.1 Å². The molecule has 0 radical (unpaired) electrons. The molecule has 0 bridgehead atoms. The molecule has 0 saturated carbocycles. The van der Waals surface area contributed by atoms with Gasteiger partial charge in [0.05, 0.1) is 36.9 Å². The zero-order valence-electron chi connectivity index (χ0n) is 24.3. The minimum atomic E-state index is -3.98. The van der Waals surface area contributed by atoms with E-state index in [4.69, 9.17) is 30.8 Å². The van der Waals surface area contributed by atoms with Crippen LogP contribution in [0.5, 0.6) is 11.5 Å². The van der Waals surface area contributed by atoms with Gasteiger partial charge in [-0.25, -0.2) is 13.4 Å². The van der Waals surface area contributed by atoms with Crippen LogP contribution >= 0.6 is 11.6 Å². The Balaban J connectivity index is 1.59. The fourth-order valence-corrected chi connectivity index (χ4v) is 5.95. The highest BCUT2D eigenvalue weighted by atomic mass is 35.5. The SMILES string of the molecule is COC(=O)CCCCCOc1c(NS(=O)(=O)c2ccc(Cl)cc2)ccc2c1nc(-c1ccccc1)n2-c1ccc(OC)cc1. The van der Waals surface area contributed by atoms with Gasteiger partial charge in [0.1, 0.15) is 17.1 Å². The maximum Gasteiger partial charge on any atom is 0.305 e. The van der Waals surface area contributed by atoms with E-state index in [1.54, 1.807) is 13.2 Å². The van der Waals surface area contributed by atoms with Crippen LogP contribution in [0.4, 0.5) is 5.69 Å². The molecule has 5 rings (SSSR count). The third kappa shape index (κ3) is 6.98. The Morgan fingerprint density at radius 2 is 1.61 bits per heavy atom. The van der Waals surface area contributed by atoms with Gasteiger partial charge in [-0.1, -0.05) is 41.9 Å². The number of carbonyl (C=O) groups excluding carboxylic acids is 1. The van der Waals surface area contributed by atoms with Crippen molar-refractivity contribution in [3.8, 4) is 28.6 Å². The van der Waals surface area contributed by atoms with Crippen molar-refractivity contribution in [1.29, 1.82) is 0 Å². The van der Waals surface area contributed by atoms with Crippen LogP contribution in [0.2, 0.25) is 5.02 Å². The van der Waals surface area contributed by atoms with E-state index < -0.39 is 10.0 Å². The molecule has 0 amide bonds. The highest BCUT2D eigenvalue weighted by Gasteiger charge is 2.23. The average Bonchev–Trinajstić information content (AvgIpc) is 3.43. The molecule has 5 aromatic rings. The number of ether oxygens (including phenoxy) is 3. The Morgan fingerprint density at radius 3 is 2.30 bits per heavy atom. The molecule has 228 valence electrons. The molecule has 0 unspecified atom stereocenters. The van der Waals surface area contributed by atoms with Crippen LogP contribution in [-0.4, -0.2) is 44.8 Å². The van der Waals surface area contributed by atoms with Crippen LogP contribution in [0.1, 0.15) is 25.7 Å². The molecule has 1 N–H and O–H groups in total. The Labute approximate surface area is 261 Å². The van der Waals surface area contributed by atoms with Crippen molar-refractivity contribution < 1.29 is 27.4 Å². The number of rotatable bonds is 13. The summed E-state index contributed by atoms with van der Waals surface area (Å²) in [5, 5.41) is 0.430. The topological polar surface area (TPSA) is 109 Å². The van der Waals surface area contributed by atoms with Crippen LogP contribution in [0, 0.1) is 0 Å². The van der Waals surface area contributed by atoms with E-state index >= 15 is 0 Å². The van der Waals surface area contributed by atoms with Crippen molar-refractivity contribution in [2.24, 2.45) is 0 Å². The number of carbonyl (C=O) groups is 1. The van der Waals surface area contributed by atoms with Gasteiger partial charge in [0, 0.05) is 22.7 Å². The summed E-state index contributed by atoms with van der Waals surface area (Å²) in [6.45, 7) is 0.284. The Morgan fingerprint density at radius 1 is 0.886 bits per heavy atom. The lowest BCUT2D eigenvalue weighted by Gasteiger charge is -2.15. The molecule has 0 spiro atoms. The fraction of sp³-hybridized carbons (Fsp3) is 0.212. The molecule has 4 aromatic carbocycles. The lowest BCUT2D eigenvalue weighted by molar-refractivity contribution is -0.140. The molecule has 1 aromatic heterocycles. The Hall–Kier alpha value is -4.54. The number of aromatic nitrogens is 2. The number of halogens is 1. The molecule has 0 fully saturated rings. The predicted molar refractivity (Wildman–Crippen MR) is 171 cm³/mol. The molecule has 0 aliphatic rings. The summed E-state index contributed by atoms with van der Waals surface area (Å²) >= 11 is 5.99. The first-order chi connectivity index (χ1) is 21.3. The average molecular weight is 634 g/mol. The van der Waals surface area contributed by atoms with E-state index in [0.29, 0.717) is 41.4 Å². The van der Waals surface area contributed by atoms with Gasteiger partial charge < -0.3 is 14.2 Å². The maximum absolute atomic E-state index is 13.4. The first-order valence-electron chi connectivity index (χ1n) is 14.0. The number of sulfonamides is 1. The van der Waals surface area contributed by atoms with E-state index in [1.807, 2.05) is 65.2 Å². The summed E-state index contributed by atoms with van der Waals surface area (Å²) < 4.78 is 47.9. The van der Waals surface area contributed by atoms with Crippen molar-refractivity contribution in [2.75, 3.05) is 25.5 Å². The Kier molecular flexibility index (Phi) is 9.72. The highest BCUT2D eigenvalue weighted by Crippen LogP contribution is 2.39. The van der Waals surface area contributed by atoms with Crippen LogP contribution in [0.25, 0.3) is 28.1 Å². The first-order valence-corrected chi connectivity index (χ1v) is 15.9. The standard InChI is InChI=1S/C33H32ClN3O6S/c1-41-26-16-14-25(15-17-26)37-29-21-20-28(36-44(39,40)27-18-12-24(34)13-19-27)32(43-22-8-4-7-11-30(38)42-2)31(29)35-33(37)23-9-5-3-6-10-23/h3,5-6,9-10,12-21,36H,4,7-8,11,22H2,1-2H3. The number of imidazole rings is 1.